The maximum Gasteiger partial charge on any atom is 0.278 e. The predicted octanol–water partition coefficient (Wildman–Crippen LogP) is 3.54. The minimum absolute atomic E-state index is 0.294. The lowest BCUT2D eigenvalue weighted by Crippen LogP contribution is -2.33. The van der Waals surface area contributed by atoms with E-state index in [1.165, 1.54) is 4.90 Å². The maximum atomic E-state index is 13.1. The van der Waals surface area contributed by atoms with Crippen LogP contribution >= 0.6 is 0 Å². The van der Waals surface area contributed by atoms with Crippen LogP contribution < -0.4 is 10.1 Å². The fraction of sp³-hybridized carbons (Fsp3) is 0.304. The molecule has 0 unspecified atom stereocenters. The number of benzene rings is 2. The van der Waals surface area contributed by atoms with Crippen molar-refractivity contribution in [2.45, 2.75) is 20.3 Å². The van der Waals surface area contributed by atoms with Gasteiger partial charge in [-0.3, -0.25) is 14.5 Å². The van der Waals surface area contributed by atoms with E-state index in [-0.39, 0.29) is 11.8 Å². The molecule has 1 aliphatic heterocycles. The van der Waals surface area contributed by atoms with Gasteiger partial charge in [0.05, 0.1) is 12.7 Å². The molecule has 29 heavy (non-hydrogen) atoms. The second-order valence-electron chi connectivity index (χ2n) is 7.09. The summed E-state index contributed by atoms with van der Waals surface area (Å²) >= 11 is 0. The van der Waals surface area contributed by atoms with Gasteiger partial charge in [0.25, 0.3) is 11.8 Å². The molecule has 2 amide bonds. The number of amides is 2. The first-order valence-electron chi connectivity index (χ1n) is 9.53. The van der Waals surface area contributed by atoms with E-state index in [0.29, 0.717) is 42.2 Å². The smallest absolute Gasteiger partial charge is 0.278 e. The average Bonchev–Trinajstić information content (AvgIpc) is 2.91. The monoisotopic (exact) mass is 394 g/mol. The van der Waals surface area contributed by atoms with E-state index in [4.69, 9.17) is 9.47 Å². The lowest BCUT2D eigenvalue weighted by atomic mass is 10.0. The maximum absolute atomic E-state index is 13.1. The number of hydrogen-bond acceptors (Lipinski definition) is 5. The zero-order valence-corrected chi connectivity index (χ0v) is 17.2. The number of anilines is 1. The van der Waals surface area contributed by atoms with Crippen LogP contribution in [0.25, 0.3) is 5.57 Å². The van der Waals surface area contributed by atoms with Crippen LogP contribution in [0.15, 0.2) is 48.2 Å². The van der Waals surface area contributed by atoms with Gasteiger partial charge in [-0.1, -0.05) is 18.2 Å². The molecule has 0 saturated heterocycles. The highest BCUT2D eigenvalue weighted by atomic mass is 16.5. The molecule has 0 atom stereocenters. The van der Waals surface area contributed by atoms with Crippen LogP contribution in [0.2, 0.25) is 0 Å². The Balaban J connectivity index is 2.01. The number of hydrogen-bond donors (Lipinski definition) is 1. The summed E-state index contributed by atoms with van der Waals surface area (Å²) in [5.74, 6) is 0.0612. The third kappa shape index (κ3) is 4.49. The van der Waals surface area contributed by atoms with Gasteiger partial charge in [-0.05, 0) is 61.2 Å². The van der Waals surface area contributed by atoms with Crippen LogP contribution in [0.4, 0.5) is 5.69 Å². The van der Waals surface area contributed by atoms with Gasteiger partial charge < -0.3 is 14.8 Å². The molecule has 0 bridgehead atoms. The minimum atomic E-state index is -0.323. The van der Waals surface area contributed by atoms with Crippen molar-refractivity contribution >= 4 is 23.1 Å². The molecular formula is C23H26N2O4. The molecular weight excluding hydrogens is 368 g/mol. The van der Waals surface area contributed by atoms with Gasteiger partial charge in [0.2, 0.25) is 0 Å². The first-order chi connectivity index (χ1) is 13.9. The Bertz CT molecular complexity index is 928. The van der Waals surface area contributed by atoms with E-state index in [2.05, 4.69) is 11.4 Å². The molecule has 152 valence electrons. The van der Waals surface area contributed by atoms with Crippen molar-refractivity contribution in [1.29, 1.82) is 0 Å². The van der Waals surface area contributed by atoms with E-state index in [1.807, 2.05) is 26.0 Å². The molecule has 1 aliphatic rings. The summed E-state index contributed by atoms with van der Waals surface area (Å²) in [5, 5.41) is 3.21. The average molecular weight is 394 g/mol. The molecule has 0 aliphatic carbocycles. The van der Waals surface area contributed by atoms with Crippen LogP contribution in [0, 0.1) is 13.8 Å². The van der Waals surface area contributed by atoms with Gasteiger partial charge in [-0.15, -0.1) is 0 Å². The van der Waals surface area contributed by atoms with Crippen molar-refractivity contribution in [3.63, 3.8) is 0 Å². The number of methoxy groups -OCH3 is 2. The molecule has 3 rings (SSSR count). The minimum Gasteiger partial charge on any atom is -0.497 e. The number of carbonyl (C=O) groups is 2. The Labute approximate surface area is 171 Å². The third-order valence-electron chi connectivity index (χ3n) is 4.77. The topological polar surface area (TPSA) is 67.9 Å². The van der Waals surface area contributed by atoms with E-state index in [9.17, 15) is 9.59 Å². The number of ether oxygens (including phenoxy) is 2. The summed E-state index contributed by atoms with van der Waals surface area (Å²) < 4.78 is 10.3. The van der Waals surface area contributed by atoms with E-state index < -0.39 is 0 Å². The zero-order valence-electron chi connectivity index (χ0n) is 17.2. The lowest BCUT2D eigenvalue weighted by Gasteiger charge is -2.15. The van der Waals surface area contributed by atoms with Gasteiger partial charge in [0, 0.05) is 25.9 Å². The Kier molecular flexibility index (Phi) is 6.34. The van der Waals surface area contributed by atoms with Crippen LogP contribution in [0.5, 0.6) is 5.75 Å². The molecule has 6 nitrogen and oxygen atoms in total. The van der Waals surface area contributed by atoms with Crippen molar-refractivity contribution in [2.75, 3.05) is 32.7 Å². The second-order valence-corrected chi connectivity index (χ2v) is 7.09. The van der Waals surface area contributed by atoms with Gasteiger partial charge >= 0.3 is 0 Å². The number of imide groups is 1. The number of nitrogens with zero attached hydrogens (tertiary/aromatic N) is 1. The van der Waals surface area contributed by atoms with E-state index in [1.54, 1.807) is 38.5 Å². The van der Waals surface area contributed by atoms with Crippen molar-refractivity contribution in [3.05, 3.63) is 64.9 Å². The van der Waals surface area contributed by atoms with Gasteiger partial charge in [0.1, 0.15) is 11.4 Å². The summed E-state index contributed by atoms with van der Waals surface area (Å²) in [6.45, 7) is 4.78. The molecule has 1 N–H and O–H groups in total. The Morgan fingerprint density at radius 1 is 0.931 bits per heavy atom. The summed E-state index contributed by atoms with van der Waals surface area (Å²) in [5.41, 5.74) is 4.27. The molecule has 2 aromatic rings. The first kappa shape index (κ1) is 20.6. The SMILES string of the molecule is COCCCN1C(=O)C(Nc2cc(C)cc(C)c2)=C(c2ccc(OC)cc2)C1=O. The number of nitrogens with one attached hydrogen (secondary N) is 1. The quantitative estimate of drug-likeness (QED) is 0.548. The number of carbonyl (C=O) groups excluding carboxylic acids is 2. The summed E-state index contributed by atoms with van der Waals surface area (Å²) in [6, 6.07) is 13.1. The van der Waals surface area contributed by atoms with Crippen LogP contribution in [0.1, 0.15) is 23.1 Å². The molecule has 6 heteroatoms. The van der Waals surface area contributed by atoms with Crippen molar-refractivity contribution in [1.82, 2.24) is 4.90 Å². The van der Waals surface area contributed by atoms with Crippen LogP contribution in [0.3, 0.4) is 0 Å². The van der Waals surface area contributed by atoms with Crippen LogP contribution in [-0.4, -0.2) is 44.1 Å². The van der Waals surface area contributed by atoms with Crippen molar-refractivity contribution in [3.8, 4) is 5.75 Å². The van der Waals surface area contributed by atoms with Crippen LogP contribution in [-0.2, 0) is 14.3 Å². The standard InChI is InChI=1S/C23H26N2O4/c1-15-12-16(2)14-18(13-15)24-21-20(17-6-8-19(29-4)9-7-17)22(26)25(23(21)27)10-5-11-28-3/h6-9,12-14,24H,5,10-11H2,1-4H3. The Morgan fingerprint density at radius 3 is 2.17 bits per heavy atom. The van der Waals surface area contributed by atoms with Crippen molar-refractivity contribution in [2.24, 2.45) is 0 Å². The number of aryl methyl sites for hydroxylation is 2. The predicted molar refractivity (Wildman–Crippen MR) is 113 cm³/mol. The Morgan fingerprint density at radius 2 is 1.59 bits per heavy atom. The first-order valence-corrected chi connectivity index (χ1v) is 9.53. The molecule has 0 fully saturated rings. The highest BCUT2D eigenvalue weighted by Crippen LogP contribution is 2.32. The van der Waals surface area contributed by atoms with Gasteiger partial charge in [0.15, 0.2) is 0 Å². The van der Waals surface area contributed by atoms with Gasteiger partial charge in [-0.25, -0.2) is 0 Å². The summed E-state index contributed by atoms with van der Waals surface area (Å²) in [4.78, 5) is 27.5. The van der Waals surface area contributed by atoms with Gasteiger partial charge in [-0.2, -0.15) is 0 Å². The summed E-state index contributed by atoms with van der Waals surface area (Å²) in [6.07, 6.45) is 0.584. The largest absolute Gasteiger partial charge is 0.497 e. The molecule has 2 aromatic carbocycles. The third-order valence-corrected chi connectivity index (χ3v) is 4.77. The number of rotatable bonds is 8. The molecule has 1 heterocycles. The highest BCUT2D eigenvalue weighted by Gasteiger charge is 2.38. The zero-order chi connectivity index (χ0) is 21.0. The second kappa shape index (κ2) is 8.92. The summed E-state index contributed by atoms with van der Waals surface area (Å²) in [7, 11) is 3.19. The Hall–Kier alpha value is -3.12. The molecule has 0 spiro atoms. The van der Waals surface area contributed by atoms with E-state index >= 15 is 0 Å². The fourth-order valence-electron chi connectivity index (χ4n) is 3.48. The fourth-order valence-corrected chi connectivity index (χ4v) is 3.48. The highest BCUT2D eigenvalue weighted by molar-refractivity contribution is 6.36. The van der Waals surface area contributed by atoms with Crippen molar-refractivity contribution < 1.29 is 19.1 Å². The molecule has 0 aromatic heterocycles. The molecule has 0 saturated carbocycles. The molecule has 0 radical (unpaired) electrons. The lowest BCUT2D eigenvalue weighted by molar-refractivity contribution is -0.136. The normalized spacial score (nSPS) is 14.0. The van der Waals surface area contributed by atoms with E-state index in [0.717, 1.165) is 16.8 Å².